The summed E-state index contributed by atoms with van der Waals surface area (Å²) in [5, 5.41) is 9.94. The third-order valence-electron chi connectivity index (χ3n) is 5.30. The molecule has 0 amide bonds. The molecule has 178 valence electrons. The van der Waals surface area contributed by atoms with E-state index >= 15 is 0 Å². The van der Waals surface area contributed by atoms with Gasteiger partial charge in [0.05, 0.1) is 21.6 Å². The largest absolute Gasteiger partial charge is 0.382 e. The molecule has 2 aromatic heterocycles. The van der Waals surface area contributed by atoms with Crippen LogP contribution >= 0.6 is 11.6 Å². The number of benzene rings is 2. The van der Waals surface area contributed by atoms with Gasteiger partial charge < -0.3 is 11.5 Å². The predicted octanol–water partition coefficient (Wildman–Crippen LogP) is 4.13. The summed E-state index contributed by atoms with van der Waals surface area (Å²) >= 11 is 6.31. The number of nitriles is 1. The summed E-state index contributed by atoms with van der Waals surface area (Å²) < 4.78 is 29.4. The van der Waals surface area contributed by atoms with Gasteiger partial charge in [-0.3, -0.25) is 9.69 Å². The van der Waals surface area contributed by atoms with Gasteiger partial charge in [0.1, 0.15) is 17.5 Å². The number of fused-ring (bicyclic) bond motifs is 1. The van der Waals surface area contributed by atoms with E-state index in [9.17, 15) is 18.8 Å². The summed E-state index contributed by atoms with van der Waals surface area (Å²) in [6, 6.07) is 12.0. The zero-order chi connectivity index (χ0) is 25.5. The SMILES string of the molecule is CCN(c1nc(N)nc(N)c1C#N)c1nc2cccc(Cl)c2c(=O)n1-c1cccc(C(C)(F)F)c1. The molecule has 0 aliphatic rings. The molecule has 0 aliphatic heterocycles. The Kier molecular flexibility index (Phi) is 6.00. The number of nitrogens with zero attached hydrogens (tertiary/aromatic N) is 6. The second-order valence-corrected chi connectivity index (χ2v) is 8.05. The lowest BCUT2D eigenvalue weighted by atomic mass is 10.1. The molecule has 2 aromatic carbocycles. The Labute approximate surface area is 203 Å². The quantitative estimate of drug-likeness (QED) is 0.420. The minimum atomic E-state index is -3.16. The molecule has 0 bridgehead atoms. The van der Waals surface area contributed by atoms with Crippen LogP contribution < -0.4 is 21.9 Å². The van der Waals surface area contributed by atoms with Crippen molar-refractivity contribution in [3.63, 3.8) is 0 Å². The first kappa shape index (κ1) is 23.8. The zero-order valence-corrected chi connectivity index (χ0v) is 19.4. The predicted molar refractivity (Wildman–Crippen MR) is 130 cm³/mol. The fourth-order valence-corrected chi connectivity index (χ4v) is 3.93. The van der Waals surface area contributed by atoms with Crippen LogP contribution in [-0.2, 0) is 5.92 Å². The second kappa shape index (κ2) is 8.81. The van der Waals surface area contributed by atoms with Gasteiger partial charge in [0.15, 0.2) is 5.82 Å². The van der Waals surface area contributed by atoms with Crippen LogP contribution in [0.1, 0.15) is 25.0 Å². The molecule has 12 heteroatoms. The van der Waals surface area contributed by atoms with E-state index in [1.165, 1.54) is 35.2 Å². The van der Waals surface area contributed by atoms with E-state index in [0.717, 1.165) is 11.5 Å². The molecule has 0 radical (unpaired) electrons. The van der Waals surface area contributed by atoms with Crippen LogP contribution in [0.5, 0.6) is 0 Å². The lowest BCUT2D eigenvalue weighted by Gasteiger charge is -2.26. The van der Waals surface area contributed by atoms with Crippen molar-refractivity contribution < 1.29 is 8.78 Å². The van der Waals surface area contributed by atoms with Gasteiger partial charge in [0.25, 0.3) is 11.5 Å². The number of aromatic nitrogens is 4. The second-order valence-electron chi connectivity index (χ2n) is 7.65. The first-order valence-corrected chi connectivity index (χ1v) is 10.7. The average molecular weight is 497 g/mol. The Morgan fingerprint density at radius 1 is 1.17 bits per heavy atom. The van der Waals surface area contributed by atoms with E-state index in [0.29, 0.717) is 0 Å². The first-order chi connectivity index (χ1) is 16.6. The molecular weight excluding hydrogens is 478 g/mol. The summed E-state index contributed by atoms with van der Waals surface area (Å²) in [6.07, 6.45) is 0. The van der Waals surface area contributed by atoms with Crippen molar-refractivity contribution in [2.24, 2.45) is 0 Å². The van der Waals surface area contributed by atoms with E-state index in [2.05, 4.69) is 15.0 Å². The topological polar surface area (TPSA) is 140 Å². The van der Waals surface area contributed by atoms with Crippen molar-refractivity contribution in [3.8, 4) is 11.8 Å². The van der Waals surface area contributed by atoms with Crippen LogP contribution in [-0.4, -0.2) is 26.1 Å². The van der Waals surface area contributed by atoms with E-state index in [4.69, 9.17) is 23.1 Å². The average Bonchev–Trinajstić information content (AvgIpc) is 2.79. The van der Waals surface area contributed by atoms with E-state index < -0.39 is 11.5 Å². The normalized spacial score (nSPS) is 11.4. The molecular formula is C23H19ClF2N8O. The molecule has 0 saturated carbocycles. The van der Waals surface area contributed by atoms with Crippen molar-refractivity contribution in [1.29, 1.82) is 5.26 Å². The number of anilines is 4. The van der Waals surface area contributed by atoms with Gasteiger partial charge in [-0.1, -0.05) is 29.8 Å². The van der Waals surface area contributed by atoms with Crippen molar-refractivity contribution in [3.05, 3.63) is 69.0 Å². The molecule has 0 saturated heterocycles. The Morgan fingerprint density at radius 3 is 2.54 bits per heavy atom. The van der Waals surface area contributed by atoms with Gasteiger partial charge in [0, 0.05) is 19.0 Å². The molecule has 0 atom stereocenters. The lowest BCUT2D eigenvalue weighted by Crippen LogP contribution is -2.31. The van der Waals surface area contributed by atoms with Crippen LogP contribution in [0, 0.1) is 11.3 Å². The highest BCUT2D eigenvalue weighted by Crippen LogP contribution is 2.33. The molecule has 4 rings (SSSR count). The molecule has 0 spiro atoms. The smallest absolute Gasteiger partial charge is 0.270 e. The fraction of sp³-hybridized carbons (Fsp3) is 0.174. The number of hydrogen-bond donors (Lipinski definition) is 2. The van der Waals surface area contributed by atoms with Crippen molar-refractivity contribution in [2.45, 2.75) is 19.8 Å². The summed E-state index contributed by atoms with van der Waals surface area (Å²) in [6.45, 7) is 2.65. The third kappa shape index (κ3) is 4.20. The Morgan fingerprint density at radius 2 is 1.89 bits per heavy atom. The van der Waals surface area contributed by atoms with Gasteiger partial charge >= 0.3 is 0 Å². The van der Waals surface area contributed by atoms with Gasteiger partial charge in [-0.25, -0.2) is 18.3 Å². The van der Waals surface area contributed by atoms with Gasteiger partial charge in [-0.05, 0) is 31.2 Å². The van der Waals surface area contributed by atoms with Crippen LogP contribution in [0.4, 0.5) is 32.3 Å². The Balaban J connectivity index is 2.13. The van der Waals surface area contributed by atoms with Crippen molar-refractivity contribution >= 4 is 46.0 Å². The molecule has 4 aromatic rings. The summed E-state index contributed by atoms with van der Waals surface area (Å²) in [5.74, 6) is -3.49. The highest BCUT2D eigenvalue weighted by molar-refractivity contribution is 6.35. The summed E-state index contributed by atoms with van der Waals surface area (Å²) in [4.78, 5) is 27.8. The summed E-state index contributed by atoms with van der Waals surface area (Å²) in [7, 11) is 0. The Bertz CT molecular complexity index is 1560. The van der Waals surface area contributed by atoms with E-state index in [-0.39, 0.29) is 62.8 Å². The van der Waals surface area contributed by atoms with Gasteiger partial charge in [-0.2, -0.15) is 15.2 Å². The number of nitrogen functional groups attached to an aromatic ring is 2. The first-order valence-electron chi connectivity index (χ1n) is 10.4. The maximum Gasteiger partial charge on any atom is 0.270 e. The number of rotatable bonds is 5. The molecule has 0 fully saturated rings. The molecule has 35 heavy (non-hydrogen) atoms. The molecule has 9 nitrogen and oxygen atoms in total. The highest BCUT2D eigenvalue weighted by Gasteiger charge is 2.27. The Hall–Kier alpha value is -4.30. The molecule has 2 heterocycles. The lowest BCUT2D eigenvalue weighted by molar-refractivity contribution is 0.0174. The van der Waals surface area contributed by atoms with Crippen LogP contribution in [0.2, 0.25) is 5.02 Å². The zero-order valence-electron chi connectivity index (χ0n) is 18.6. The number of nitrogens with two attached hydrogens (primary N) is 2. The van der Waals surface area contributed by atoms with Crippen LogP contribution in [0.25, 0.3) is 16.6 Å². The molecule has 0 unspecified atom stereocenters. The standard InChI is InChI=1S/C23H19ClF2N8O/c1-3-33(19-14(11-27)18(28)31-21(29)32-19)22-30-16-9-5-8-15(24)17(16)20(35)34(22)13-7-4-6-12(10-13)23(2,25)26/h4-10H,3H2,1-2H3,(H4,28,29,31,32). The van der Waals surface area contributed by atoms with Crippen molar-refractivity contribution in [1.82, 2.24) is 19.5 Å². The van der Waals surface area contributed by atoms with Crippen LogP contribution in [0.15, 0.2) is 47.3 Å². The van der Waals surface area contributed by atoms with E-state index in [1.807, 2.05) is 6.07 Å². The molecule has 4 N–H and O–H groups in total. The number of hydrogen-bond acceptors (Lipinski definition) is 8. The third-order valence-corrected chi connectivity index (χ3v) is 5.62. The number of alkyl halides is 2. The maximum absolute atomic E-state index is 14.1. The highest BCUT2D eigenvalue weighted by atomic mass is 35.5. The van der Waals surface area contributed by atoms with E-state index in [1.54, 1.807) is 19.1 Å². The van der Waals surface area contributed by atoms with Gasteiger partial charge in [0.2, 0.25) is 11.9 Å². The van der Waals surface area contributed by atoms with Crippen molar-refractivity contribution in [2.75, 3.05) is 22.9 Å². The fourth-order valence-electron chi connectivity index (χ4n) is 3.68. The number of halogens is 3. The minimum absolute atomic E-state index is 0.00200. The summed E-state index contributed by atoms with van der Waals surface area (Å²) in [5.41, 5.74) is 11.1. The van der Waals surface area contributed by atoms with Crippen LogP contribution in [0.3, 0.4) is 0 Å². The monoisotopic (exact) mass is 496 g/mol. The minimum Gasteiger partial charge on any atom is -0.382 e. The van der Waals surface area contributed by atoms with Gasteiger partial charge in [-0.15, -0.1) is 0 Å². The molecule has 0 aliphatic carbocycles. The maximum atomic E-state index is 14.1.